The quantitative estimate of drug-likeness (QED) is 0.850. The molecule has 1 aromatic heterocycles. The molecule has 0 radical (unpaired) electrons. The van der Waals surface area contributed by atoms with Gasteiger partial charge in [0.1, 0.15) is 5.76 Å². The highest BCUT2D eigenvalue weighted by Crippen LogP contribution is 2.21. The minimum Gasteiger partial charge on any atom is -0.469 e. The minimum atomic E-state index is -3.29. The Bertz CT molecular complexity index is 609. The Morgan fingerprint density at radius 2 is 1.83 bits per heavy atom. The maximum Gasteiger partial charge on any atom is 0.182 e. The van der Waals surface area contributed by atoms with Crippen LogP contribution in [-0.4, -0.2) is 8.42 Å². The van der Waals surface area contributed by atoms with Crippen LogP contribution in [0.2, 0.25) is 0 Å². The first-order valence-corrected chi connectivity index (χ1v) is 7.49. The van der Waals surface area contributed by atoms with Gasteiger partial charge >= 0.3 is 0 Å². The second-order valence-corrected chi connectivity index (χ2v) is 6.57. The van der Waals surface area contributed by atoms with E-state index >= 15 is 0 Å². The van der Waals surface area contributed by atoms with Gasteiger partial charge in [-0.1, -0.05) is 32.0 Å². The number of furan rings is 1. The van der Waals surface area contributed by atoms with Crippen molar-refractivity contribution in [1.82, 2.24) is 0 Å². The summed E-state index contributed by atoms with van der Waals surface area (Å²) in [4.78, 5) is 0.345. The van der Waals surface area contributed by atoms with Gasteiger partial charge in [-0.25, -0.2) is 8.42 Å². The molecule has 0 saturated heterocycles. The molecule has 0 fully saturated rings. The number of hydrogen-bond acceptors (Lipinski definition) is 3. The van der Waals surface area contributed by atoms with Crippen LogP contribution >= 0.6 is 0 Å². The maximum atomic E-state index is 12.1. The van der Waals surface area contributed by atoms with Gasteiger partial charge in [0.15, 0.2) is 9.84 Å². The zero-order valence-electron chi connectivity index (χ0n) is 10.5. The molecule has 2 aromatic rings. The van der Waals surface area contributed by atoms with Crippen molar-refractivity contribution in [2.24, 2.45) is 0 Å². The maximum absolute atomic E-state index is 12.1. The summed E-state index contributed by atoms with van der Waals surface area (Å²) < 4.78 is 29.6. The normalized spacial score (nSPS) is 11.9. The Kier molecular flexibility index (Phi) is 3.57. The second-order valence-electron chi connectivity index (χ2n) is 4.58. The van der Waals surface area contributed by atoms with Crippen LogP contribution in [0.5, 0.6) is 0 Å². The fourth-order valence-electron chi connectivity index (χ4n) is 1.70. The molecule has 0 N–H and O–H groups in total. The van der Waals surface area contributed by atoms with Gasteiger partial charge in [-0.2, -0.15) is 0 Å². The Morgan fingerprint density at radius 3 is 2.39 bits per heavy atom. The summed E-state index contributed by atoms with van der Waals surface area (Å²) in [7, 11) is -3.29. The lowest BCUT2D eigenvalue weighted by atomic mass is 10.1. The van der Waals surface area contributed by atoms with Gasteiger partial charge in [-0.05, 0) is 18.2 Å². The van der Waals surface area contributed by atoms with Crippen LogP contribution in [0, 0.1) is 0 Å². The van der Waals surface area contributed by atoms with Crippen molar-refractivity contribution in [2.75, 3.05) is 0 Å². The molecule has 0 unspecified atom stereocenters. The average molecular weight is 264 g/mol. The van der Waals surface area contributed by atoms with Gasteiger partial charge in [0.2, 0.25) is 0 Å². The van der Waals surface area contributed by atoms with Crippen LogP contribution in [0.25, 0.3) is 0 Å². The lowest BCUT2D eigenvalue weighted by Gasteiger charge is -2.01. The van der Waals surface area contributed by atoms with Crippen LogP contribution in [0.1, 0.15) is 31.1 Å². The third kappa shape index (κ3) is 2.82. The lowest BCUT2D eigenvalue weighted by molar-refractivity contribution is 0.486. The first-order chi connectivity index (χ1) is 8.49. The molecule has 0 bridgehead atoms. The third-order valence-electron chi connectivity index (χ3n) is 2.70. The smallest absolute Gasteiger partial charge is 0.182 e. The van der Waals surface area contributed by atoms with Gasteiger partial charge < -0.3 is 4.42 Å². The number of hydrogen-bond donors (Lipinski definition) is 0. The van der Waals surface area contributed by atoms with E-state index in [-0.39, 0.29) is 11.7 Å². The second kappa shape index (κ2) is 4.98. The van der Waals surface area contributed by atoms with Crippen LogP contribution < -0.4 is 0 Å². The van der Waals surface area contributed by atoms with Crippen molar-refractivity contribution in [1.29, 1.82) is 0 Å². The molecule has 1 aromatic carbocycles. The molecule has 0 saturated carbocycles. The van der Waals surface area contributed by atoms with Gasteiger partial charge in [0.05, 0.1) is 16.9 Å². The molecule has 0 aliphatic carbocycles. The third-order valence-corrected chi connectivity index (χ3v) is 4.41. The molecular weight excluding hydrogens is 248 g/mol. The van der Waals surface area contributed by atoms with Crippen molar-refractivity contribution < 1.29 is 12.8 Å². The average Bonchev–Trinajstić information content (AvgIpc) is 2.78. The molecule has 96 valence electrons. The Balaban J connectivity index is 2.23. The van der Waals surface area contributed by atoms with Crippen LogP contribution in [0.3, 0.4) is 0 Å². The van der Waals surface area contributed by atoms with E-state index in [2.05, 4.69) is 0 Å². The topological polar surface area (TPSA) is 47.3 Å². The van der Waals surface area contributed by atoms with Crippen LogP contribution in [0.4, 0.5) is 0 Å². The molecule has 0 atom stereocenters. The van der Waals surface area contributed by atoms with Crippen molar-refractivity contribution in [3.8, 4) is 0 Å². The van der Waals surface area contributed by atoms with E-state index in [4.69, 9.17) is 4.42 Å². The highest BCUT2D eigenvalue weighted by Gasteiger charge is 2.17. The molecule has 2 rings (SSSR count). The van der Waals surface area contributed by atoms with Gasteiger partial charge in [-0.15, -0.1) is 0 Å². The summed E-state index contributed by atoms with van der Waals surface area (Å²) >= 11 is 0. The molecule has 0 amide bonds. The first-order valence-electron chi connectivity index (χ1n) is 5.84. The van der Waals surface area contributed by atoms with Crippen LogP contribution in [-0.2, 0) is 15.6 Å². The SMILES string of the molecule is CC(C)c1cc(CS(=O)(=O)c2ccccc2)co1. The van der Waals surface area contributed by atoms with E-state index in [1.807, 2.05) is 19.9 Å². The summed E-state index contributed by atoms with van der Waals surface area (Å²) in [6, 6.07) is 10.3. The molecule has 18 heavy (non-hydrogen) atoms. The molecule has 1 heterocycles. The highest BCUT2D eigenvalue weighted by atomic mass is 32.2. The summed E-state index contributed by atoms with van der Waals surface area (Å²) in [6.45, 7) is 4.02. The summed E-state index contributed by atoms with van der Waals surface area (Å²) in [6.07, 6.45) is 1.52. The van der Waals surface area contributed by atoms with Crippen molar-refractivity contribution in [2.45, 2.75) is 30.4 Å². The van der Waals surface area contributed by atoms with Gasteiger partial charge in [0, 0.05) is 11.5 Å². The molecule has 0 aliphatic heterocycles. The van der Waals surface area contributed by atoms with E-state index in [1.165, 1.54) is 6.26 Å². The fraction of sp³-hybridized carbons (Fsp3) is 0.286. The van der Waals surface area contributed by atoms with Crippen LogP contribution in [0.15, 0.2) is 52.0 Å². The molecule has 4 heteroatoms. The Morgan fingerprint density at radius 1 is 1.17 bits per heavy atom. The standard InChI is InChI=1S/C14H16O3S/c1-11(2)14-8-12(9-17-14)10-18(15,16)13-6-4-3-5-7-13/h3-9,11H,10H2,1-2H3. The molecular formula is C14H16O3S. The first kappa shape index (κ1) is 12.9. The molecule has 0 aliphatic rings. The zero-order chi connectivity index (χ0) is 13.2. The van der Waals surface area contributed by atoms with E-state index in [1.54, 1.807) is 30.3 Å². The number of sulfone groups is 1. The van der Waals surface area contributed by atoms with E-state index in [9.17, 15) is 8.42 Å². The Hall–Kier alpha value is -1.55. The van der Waals surface area contributed by atoms with Crippen molar-refractivity contribution >= 4 is 9.84 Å². The summed E-state index contributed by atoms with van der Waals surface area (Å²) in [5.74, 6) is 1.05. The van der Waals surface area contributed by atoms with Gasteiger partial charge in [0.25, 0.3) is 0 Å². The lowest BCUT2D eigenvalue weighted by Crippen LogP contribution is -2.03. The van der Waals surface area contributed by atoms with Crippen molar-refractivity contribution in [3.63, 3.8) is 0 Å². The zero-order valence-corrected chi connectivity index (χ0v) is 11.3. The number of rotatable bonds is 4. The minimum absolute atomic E-state index is 0.0206. The van der Waals surface area contributed by atoms with Crippen molar-refractivity contribution in [3.05, 3.63) is 54.0 Å². The molecule has 0 spiro atoms. The monoisotopic (exact) mass is 264 g/mol. The fourth-order valence-corrected chi connectivity index (χ4v) is 3.03. The summed E-state index contributed by atoms with van der Waals surface area (Å²) in [5, 5.41) is 0. The summed E-state index contributed by atoms with van der Waals surface area (Å²) in [5.41, 5.74) is 0.697. The highest BCUT2D eigenvalue weighted by molar-refractivity contribution is 7.90. The largest absolute Gasteiger partial charge is 0.469 e. The predicted molar refractivity (Wildman–Crippen MR) is 70.1 cm³/mol. The van der Waals surface area contributed by atoms with Gasteiger partial charge in [-0.3, -0.25) is 0 Å². The Labute approximate surface area is 107 Å². The van der Waals surface area contributed by atoms with E-state index in [0.29, 0.717) is 10.5 Å². The predicted octanol–water partition coefficient (Wildman–Crippen LogP) is 3.38. The number of benzene rings is 1. The molecule has 3 nitrogen and oxygen atoms in total. The van der Waals surface area contributed by atoms with E-state index in [0.717, 1.165) is 5.76 Å². The van der Waals surface area contributed by atoms with E-state index < -0.39 is 9.84 Å².